The summed E-state index contributed by atoms with van der Waals surface area (Å²) in [5.41, 5.74) is 1.22. The van der Waals surface area contributed by atoms with E-state index in [-0.39, 0.29) is 5.75 Å². The second-order valence-electron chi connectivity index (χ2n) is 5.61. The second kappa shape index (κ2) is 5.77. The molecule has 1 saturated heterocycles. The molecule has 20 heavy (non-hydrogen) atoms. The second-order valence-corrected chi connectivity index (χ2v) is 6.55. The Labute approximate surface area is 123 Å². The number of nitrogens with zero attached hydrogens (tertiary/aromatic N) is 3. The summed E-state index contributed by atoms with van der Waals surface area (Å²) in [5.74, 6) is -0.701. The van der Waals surface area contributed by atoms with Crippen LogP contribution in [0, 0.1) is 0 Å². The molecule has 1 aliphatic heterocycles. The Morgan fingerprint density at radius 1 is 1.45 bits per heavy atom. The van der Waals surface area contributed by atoms with Gasteiger partial charge in [0.1, 0.15) is 0 Å². The smallest absolute Gasteiger partial charge is 0.313 e. The minimum absolute atomic E-state index is 0.0826. The summed E-state index contributed by atoms with van der Waals surface area (Å²) in [6.07, 6.45) is 6.70. The average Bonchev–Trinajstić information content (AvgIpc) is 3.03. The van der Waals surface area contributed by atoms with Crippen LogP contribution in [0.15, 0.2) is 11.4 Å². The van der Waals surface area contributed by atoms with E-state index >= 15 is 0 Å². The lowest BCUT2D eigenvalue weighted by Gasteiger charge is -2.19. The molecule has 6 heteroatoms. The van der Waals surface area contributed by atoms with E-state index in [0.29, 0.717) is 6.04 Å². The molecule has 3 rings (SSSR count). The first-order valence-electron chi connectivity index (χ1n) is 7.33. The minimum atomic E-state index is -0.784. The van der Waals surface area contributed by atoms with Crippen LogP contribution in [-0.2, 0) is 11.2 Å². The van der Waals surface area contributed by atoms with Gasteiger partial charge >= 0.3 is 5.97 Å². The lowest BCUT2D eigenvalue weighted by atomic mass is 10.2. The summed E-state index contributed by atoms with van der Waals surface area (Å²) < 4.78 is 2.29. The Bertz CT molecular complexity index is 499. The fraction of sp³-hybridized carbons (Fsp3) is 0.714. The molecule has 1 aromatic heterocycles. The van der Waals surface area contributed by atoms with Gasteiger partial charge in [-0.05, 0) is 25.7 Å². The highest BCUT2D eigenvalue weighted by molar-refractivity contribution is 7.99. The van der Waals surface area contributed by atoms with Crippen LogP contribution in [0.4, 0.5) is 0 Å². The summed E-state index contributed by atoms with van der Waals surface area (Å²) in [4.78, 5) is 17.8. The van der Waals surface area contributed by atoms with Crippen LogP contribution >= 0.6 is 11.8 Å². The third kappa shape index (κ3) is 2.86. The van der Waals surface area contributed by atoms with Gasteiger partial charge in [0.25, 0.3) is 0 Å². The number of aromatic nitrogens is 2. The predicted octanol–water partition coefficient (Wildman–Crippen LogP) is 2.03. The quantitative estimate of drug-likeness (QED) is 0.814. The van der Waals surface area contributed by atoms with Gasteiger partial charge in [0, 0.05) is 37.1 Å². The molecular weight excluding hydrogens is 274 g/mol. The molecule has 2 fully saturated rings. The van der Waals surface area contributed by atoms with E-state index in [9.17, 15) is 4.79 Å². The van der Waals surface area contributed by atoms with E-state index in [2.05, 4.69) is 21.4 Å². The molecule has 0 amide bonds. The van der Waals surface area contributed by atoms with Crippen LogP contribution in [-0.4, -0.2) is 50.4 Å². The minimum Gasteiger partial charge on any atom is -0.481 e. The third-order valence-corrected chi connectivity index (χ3v) is 5.10. The number of aliphatic carboxylic acids is 1. The standard InChI is InChI=1S/C14H21N3O2S/c1-2-10-7-15-14(20-9-13(18)19)17(10)12-5-6-16(8-12)11-3-4-11/h7,11-12H,2-6,8-9H2,1H3,(H,18,19). The zero-order valence-electron chi connectivity index (χ0n) is 11.8. The fourth-order valence-electron chi connectivity index (χ4n) is 3.01. The molecule has 1 N–H and O–H groups in total. The molecule has 1 atom stereocenters. The van der Waals surface area contributed by atoms with Crippen LogP contribution in [0.5, 0.6) is 0 Å². The maximum absolute atomic E-state index is 10.8. The van der Waals surface area contributed by atoms with Gasteiger partial charge in [0.2, 0.25) is 0 Å². The number of likely N-dealkylation sites (tertiary alicyclic amines) is 1. The van der Waals surface area contributed by atoms with Gasteiger partial charge < -0.3 is 9.67 Å². The highest BCUT2D eigenvalue weighted by atomic mass is 32.2. The van der Waals surface area contributed by atoms with Crippen LogP contribution < -0.4 is 0 Å². The highest BCUT2D eigenvalue weighted by Gasteiger charge is 2.36. The van der Waals surface area contributed by atoms with Gasteiger partial charge in [-0.15, -0.1) is 0 Å². The van der Waals surface area contributed by atoms with Gasteiger partial charge in [0.05, 0.1) is 5.75 Å². The maximum atomic E-state index is 10.8. The lowest BCUT2D eigenvalue weighted by molar-refractivity contribution is -0.133. The number of carbonyl (C=O) groups is 1. The van der Waals surface area contributed by atoms with Crippen molar-refractivity contribution in [3.63, 3.8) is 0 Å². The number of imidazole rings is 1. The molecule has 0 aromatic carbocycles. The fourth-order valence-corrected chi connectivity index (χ4v) is 3.80. The van der Waals surface area contributed by atoms with Crippen molar-refractivity contribution in [3.8, 4) is 0 Å². The molecular formula is C14H21N3O2S. The monoisotopic (exact) mass is 295 g/mol. The summed E-state index contributed by atoms with van der Waals surface area (Å²) in [6, 6.07) is 1.27. The molecule has 5 nitrogen and oxygen atoms in total. The molecule has 2 aliphatic rings. The van der Waals surface area contributed by atoms with Crippen molar-refractivity contribution >= 4 is 17.7 Å². The molecule has 1 unspecified atom stereocenters. The van der Waals surface area contributed by atoms with Crippen LogP contribution in [0.2, 0.25) is 0 Å². The van der Waals surface area contributed by atoms with Crippen LogP contribution in [0.3, 0.4) is 0 Å². The number of carboxylic acid groups (broad SMARTS) is 1. The van der Waals surface area contributed by atoms with Crippen LogP contribution in [0.25, 0.3) is 0 Å². The average molecular weight is 295 g/mol. The van der Waals surface area contributed by atoms with Gasteiger partial charge in [0.15, 0.2) is 5.16 Å². The van der Waals surface area contributed by atoms with Gasteiger partial charge in [-0.25, -0.2) is 4.98 Å². The predicted molar refractivity (Wildman–Crippen MR) is 78.2 cm³/mol. The Balaban J connectivity index is 1.75. The summed E-state index contributed by atoms with van der Waals surface area (Å²) in [7, 11) is 0. The molecule has 0 radical (unpaired) electrons. The number of carboxylic acids is 1. The van der Waals surface area contributed by atoms with Crippen molar-refractivity contribution in [1.82, 2.24) is 14.5 Å². The van der Waals surface area contributed by atoms with E-state index in [1.165, 1.54) is 36.8 Å². The SMILES string of the molecule is CCc1cnc(SCC(=O)O)n1C1CCN(C2CC2)C1. The van der Waals surface area contributed by atoms with Gasteiger partial charge in [-0.2, -0.15) is 0 Å². The topological polar surface area (TPSA) is 58.4 Å². The Morgan fingerprint density at radius 3 is 2.90 bits per heavy atom. The first-order chi connectivity index (χ1) is 9.69. The number of hydrogen-bond acceptors (Lipinski definition) is 4. The molecule has 0 spiro atoms. The first-order valence-corrected chi connectivity index (χ1v) is 8.32. The number of rotatable bonds is 6. The maximum Gasteiger partial charge on any atom is 0.313 e. The molecule has 110 valence electrons. The van der Waals surface area contributed by atoms with E-state index < -0.39 is 5.97 Å². The first kappa shape index (κ1) is 13.9. The van der Waals surface area contributed by atoms with Crippen LogP contribution in [0.1, 0.15) is 37.9 Å². The zero-order chi connectivity index (χ0) is 14.1. The van der Waals surface area contributed by atoms with E-state index in [1.807, 2.05) is 6.20 Å². The molecule has 1 aromatic rings. The van der Waals surface area contributed by atoms with E-state index in [1.54, 1.807) is 0 Å². The lowest BCUT2D eigenvalue weighted by Crippen LogP contribution is -2.24. The van der Waals surface area contributed by atoms with Gasteiger partial charge in [-0.1, -0.05) is 18.7 Å². The Hall–Kier alpha value is -1.01. The molecule has 0 bridgehead atoms. The highest BCUT2D eigenvalue weighted by Crippen LogP contribution is 2.35. The van der Waals surface area contributed by atoms with Crippen molar-refractivity contribution in [2.24, 2.45) is 0 Å². The molecule has 2 heterocycles. The van der Waals surface area contributed by atoms with Crippen molar-refractivity contribution in [3.05, 3.63) is 11.9 Å². The Morgan fingerprint density at radius 2 is 2.25 bits per heavy atom. The van der Waals surface area contributed by atoms with Crippen molar-refractivity contribution < 1.29 is 9.90 Å². The third-order valence-electron chi connectivity index (χ3n) is 4.15. The normalized spacial score (nSPS) is 23.4. The summed E-state index contributed by atoms with van der Waals surface area (Å²) in [6.45, 7) is 4.39. The number of aryl methyl sites for hydroxylation is 1. The number of hydrogen-bond donors (Lipinski definition) is 1. The van der Waals surface area contributed by atoms with Gasteiger partial charge in [-0.3, -0.25) is 9.69 Å². The van der Waals surface area contributed by atoms with Crippen molar-refractivity contribution in [2.45, 2.75) is 49.8 Å². The largest absolute Gasteiger partial charge is 0.481 e. The summed E-state index contributed by atoms with van der Waals surface area (Å²) >= 11 is 1.34. The number of thioether (sulfide) groups is 1. The van der Waals surface area contributed by atoms with E-state index in [0.717, 1.165) is 30.6 Å². The molecule has 1 saturated carbocycles. The molecule has 1 aliphatic carbocycles. The zero-order valence-corrected chi connectivity index (χ0v) is 12.6. The van der Waals surface area contributed by atoms with Crippen molar-refractivity contribution in [2.75, 3.05) is 18.8 Å². The van der Waals surface area contributed by atoms with E-state index in [4.69, 9.17) is 5.11 Å². The Kier molecular flexibility index (Phi) is 4.03. The summed E-state index contributed by atoms with van der Waals surface area (Å²) in [5, 5.41) is 9.72. The van der Waals surface area contributed by atoms with Crippen molar-refractivity contribution in [1.29, 1.82) is 0 Å².